The number of carbonyl (C=O) groups is 1. The maximum absolute atomic E-state index is 13.4. The normalized spacial score (nSPS) is 9.83. The summed E-state index contributed by atoms with van der Waals surface area (Å²) in [6.07, 6.45) is 0. The van der Waals surface area contributed by atoms with Crippen molar-refractivity contribution in [1.29, 1.82) is 5.26 Å². The number of carbonyl (C=O) groups excluding carboxylic acids is 1. The Bertz CT molecular complexity index is 643. The molecule has 1 heterocycles. The number of nitrogens with zero attached hydrogens (tertiary/aromatic N) is 1. The van der Waals surface area contributed by atoms with Gasteiger partial charge in [-0.1, -0.05) is 6.07 Å². The molecule has 1 N–H and O–H groups in total. The summed E-state index contributed by atoms with van der Waals surface area (Å²) in [6, 6.07) is 7.71. The van der Waals surface area contributed by atoms with Gasteiger partial charge in [-0.2, -0.15) is 5.26 Å². The van der Waals surface area contributed by atoms with Gasteiger partial charge in [0.1, 0.15) is 17.4 Å². The lowest BCUT2D eigenvalue weighted by atomic mass is 10.1. The maximum Gasteiger partial charge on any atom is 0.266 e. The van der Waals surface area contributed by atoms with E-state index in [1.807, 2.05) is 13.0 Å². The average molecular weight is 260 g/mol. The van der Waals surface area contributed by atoms with Crippen LogP contribution in [0.25, 0.3) is 0 Å². The Morgan fingerprint density at radius 1 is 1.44 bits per heavy atom. The largest absolute Gasteiger partial charge is 0.320 e. The second-order valence-corrected chi connectivity index (χ2v) is 4.58. The van der Waals surface area contributed by atoms with Crippen molar-refractivity contribution in [2.45, 2.75) is 6.92 Å². The van der Waals surface area contributed by atoms with Gasteiger partial charge in [0.2, 0.25) is 0 Å². The lowest BCUT2D eigenvalue weighted by molar-refractivity contribution is 0.103. The van der Waals surface area contributed by atoms with Crippen molar-refractivity contribution in [3.8, 4) is 6.07 Å². The van der Waals surface area contributed by atoms with Gasteiger partial charge in [-0.3, -0.25) is 4.79 Å². The Labute approximate surface area is 107 Å². The molecule has 2 rings (SSSR count). The summed E-state index contributed by atoms with van der Waals surface area (Å²) in [7, 11) is 0. The molecular formula is C13H9FN2OS. The van der Waals surface area contributed by atoms with E-state index in [2.05, 4.69) is 5.32 Å². The molecule has 90 valence electrons. The van der Waals surface area contributed by atoms with Gasteiger partial charge < -0.3 is 5.32 Å². The minimum Gasteiger partial charge on any atom is -0.320 e. The van der Waals surface area contributed by atoms with Gasteiger partial charge in [0.15, 0.2) is 0 Å². The van der Waals surface area contributed by atoms with Gasteiger partial charge in [-0.25, -0.2) is 4.39 Å². The highest BCUT2D eigenvalue weighted by molar-refractivity contribution is 7.12. The van der Waals surface area contributed by atoms with Crippen molar-refractivity contribution in [2.75, 3.05) is 5.32 Å². The third-order valence-corrected chi connectivity index (χ3v) is 3.46. The predicted molar refractivity (Wildman–Crippen MR) is 68.1 cm³/mol. The summed E-state index contributed by atoms with van der Waals surface area (Å²) in [4.78, 5) is 12.5. The molecule has 0 aliphatic heterocycles. The zero-order valence-corrected chi connectivity index (χ0v) is 10.3. The first-order valence-electron chi connectivity index (χ1n) is 5.17. The van der Waals surface area contributed by atoms with Crippen molar-refractivity contribution < 1.29 is 9.18 Å². The third kappa shape index (κ3) is 2.24. The van der Waals surface area contributed by atoms with Crippen LogP contribution in [-0.4, -0.2) is 5.91 Å². The van der Waals surface area contributed by atoms with E-state index in [0.29, 0.717) is 4.88 Å². The van der Waals surface area contributed by atoms with Gasteiger partial charge >= 0.3 is 0 Å². The van der Waals surface area contributed by atoms with Crippen LogP contribution in [-0.2, 0) is 0 Å². The zero-order chi connectivity index (χ0) is 13.1. The van der Waals surface area contributed by atoms with Gasteiger partial charge in [-0.15, -0.1) is 11.3 Å². The molecule has 0 bridgehead atoms. The quantitative estimate of drug-likeness (QED) is 0.900. The summed E-state index contributed by atoms with van der Waals surface area (Å²) in [6.45, 7) is 1.82. The number of aryl methyl sites for hydroxylation is 1. The number of nitrogens with one attached hydrogen (secondary N) is 1. The van der Waals surface area contributed by atoms with E-state index in [9.17, 15) is 9.18 Å². The number of rotatable bonds is 2. The van der Waals surface area contributed by atoms with Crippen LogP contribution in [0.2, 0.25) is 0 Å². The van der Waals surface area contributed by atoms with Crippen molar-refractivity contribution in [2.24, 2.45) is 0 Å². The topological polar surface area (TPSA) is 52.9 Å². The first-order chi connectivity index (χ1) is 8.63. The number of halogens is 1. The molecule has 1 amide bonds. The summed E-state index contributed by atoms with van der Waals surface area (Å²) < 4.78 is 13.4. The van der Waals surface area contributed by atoms with Crippen LogP contribution < -0.4 is 5.32 Å². The molecule has 5 heteroatoms. The Morgan fingerprint density at radius 3 is 2.83 bits per heavy atom. The van der Waals surface area contributed by atoms with Crippen LogP contribution in [0.3, 0.4) is 0 Å². The molecule has 2 aromatic rings. The summed E-state index contributed by atoms with van der Waals surface area (Å²) >= 11 is 1.31. The molecule has 0 spiro atoms. The molecule has 1 aromatic carbocycles. The molecule has 0 saturated carbocycles. The Hall–Kier alpha value is -2.19. The number of benzene rings is 1. The van der Waals surface area contributed by atoms with Crippen LogP contribution in [0.15, 0.2) is 29.6 Å². The molecule has 18 heavy (non-hydrogen) atoms. The van der Waals surface area contributed by atoms with Crippen molar-refractivity contribution in [1.82, 2.24) is 0 Å². The number of hydrogen-bond acceptors (Lipinski definition) is 3. The first kappa shape index (κ1) is 12.3. The number of nitriles is 1. The molecule has 0 unspecified atom stereocenters. The smallest absolute Gasteiger partial charge is 0.266 e. The van der Waals surface area contributed by atoms with Gasteiger partial charge in [-0.05, 0) is 36.1 Å². The Morgan fingerprint density at radius 2 is 2.22 bits per heavy atom. The van der Waals surface area contributed by atoms with E-state index in [4.69, 9.17) is 5.26 Å². The first-order valence-corrected chi connectivity index (χ1v) is 6.05. The van der Waals surface area contributed by atoms with Crippen LogP contribution in [0, 0.1) is 24.1 Å². The molecular weight excluding hydrogens is 251 g/mol. The summed E-state index contributed by atoms with van der Waals surface area (Å²) in [5.41, 5.74) is 0.891. The van der Waals surface area contributed by atoms with E-state index in [1.165, 1.54) is 29.5 Å². The molecule has 0 aliphatic rings. The minimum absolute atomic E-state index is 0.153. The molecule has 0 fully saturated rings. The van der Waals surface area contributed by atoms with Gasteiger partial charge in [0.25, 0.3) is 5.91 Å². The molecule has 0 aliphatic carbocycles. The fourth-order valence-electron chi connectivity index (χ4n) is 1.53. The zero-order valence-electron chi connectivity index (χ0n) is 9.53. The second kappa shape index (κ2) is 4.98. The van der Waals surface area contributed by atoms with E-state index in [1.54, 1.807) is 11.4 Å². The molecule has 0 saturated heterocycles. The molecule has 0 atom stereocenters. The monoisotopic (exact) mass is 260 g/mol. The van der Waals surface area contributed by atoms with E-state index >= 15 is 0 Å². The highest BCUT2D eigenvalue weighted by atomic mass is 32.1. The Balaban J connectivity index is 2.31. The molecule has 3 nitrogen and oxygen atoms in total. The number of hydrogen-bond donors (Lipinski definition) is 1. The van der Waals surface area contributed by atoms with E-state index in [0.717, 1.165) is 5.56 Å². The third-order valence-electron chi connectivity index (χ3n) is 2.44. The van der Waals surface area contributed by atoms with E-state index < -0.39 is 5.82 Å². The fourth-order valence-corrected chi connectivity index (χ4v) is 2.35. The van der Waals surface area contributed by atoms with E-state index in [-0.39, 0.29) is 17.2 Å². The maximum atomic E-state index is 13.4. The van der Waals surface area contributed by atoms with Crippen LogP contribution in [0.1, 0.15) is 20.8 Å². The second-order valence-electron chi connectivity index (χ2n) is 3.66. The highest BCUT2D eigenvalue weighted by Crippen LogP contribution is 2.21. The van der Waals surface area contributed by atoms with Gasteiger partial charge in [0.05, 0.1) is 10.6 Å². The summed E-state index contributed by atoms with van der Waals surface area (Å²) in [5, 5.41) is 13.2. The van der Waals surface area contributed by atoms with Crippen molar-refractivity contribution in [3.63, 3.8) is 0 Å². The predicted octanol–water partition coefficient (Wildman–Crippen LogP) is 3.32. The average Bonchev–Trinajstić information content (AvgIpc) is 2.76. The summed E-state index contributed by atoms with van der Waals surface area (Å²) in [5.74, 6) is -0.970. The number of thiophene rings is 1. The Kier molecular flexibility index (Phi) is 3.40. The van der Waals surface area contributed by atoms with Gasteiger partial charge in [0, 0.05) is 0 Å². The molecule has 0 radical (unpaired) electrons. The number of anilines is 1. The van der Waals surface area contributed by atoms with Crippen molar-refractivity contribution in [3.05, 3.63) is 51.5 Å². The van der Waals surface area contributed by atoms with Crippen LogP contribution >= 0.6 is 11.3 Å². The van der Waals surface area contributed by atoms with Crippen molar-refractivity contribution >= 4 is 22.9 Å². The number of amides is 1. The lowest BCUT2D eigenvalue weighted by Crippen LogP contribution is -2.12. The lowest BCUT2D eigenvalue weighted by Gasteiger charge is -2.06. The molecule has 1 aromatic heterocycles. The highest BCUT2D eigenvalue weighted by Gasteiger charge is 2.14. The minimum atomic E-state index is -0.641. The van der Waals surface area contributed by atoms with Crippen LogP contribution in [0.4, 0.5) is 10.1 Å². The standard InChI is InChI=1S/C13H9FN2OS/c1-8-5-6-18-12(8)13(17)16-11-4-2-3-10(14)9(11)7-15/h2-6H,1H3,(H,16,17). The SMILES string of the molecule is Cc1ccsc1C(=O)Nc1cccc(F)c1C#N. The fraction of sp³-hybridized carbons (Fsp3) is 0.0769. The van der Waals surface area contributed by atoms with Crippen LogP contribution in [0.5, 0.6) is 0 Å².